The highest BCUT2D eigenvalue weighted by Crippen LogP contribution is 2.47. The topological polar surface area (TPSA) is 51.8 Å². The third kappa shape index (κ3) is 1.41. The number of aromatic nitrogens is 2. The monoisotopic (exact) mass is 259 g/mol. The molecule has 3 nitrogen and oxygen atoms in total. The fraction of sp³-hybridized carbons (Fsp3) is 0.571. The molecule has 2 heterocycles. The summed E-state index contributed by atoms with van der Waals surface area (Å²) < 4.78 is 0. The Balaban J connectivity index is 1.97. The molecule has 0 spiro atoms. The van der Waals surface area contributed by atoms with Gasteiger partial charge in [0.05, 0.1) is 5.39 Å². The van der Waals surface area contributed by atoms with Gasteiger partial charge in [0, 0.05) is 10.3 Å². The zero-order valence-corrected chi connectivity index (χ0v) is 11.4. The van der Waals surface area contributed by atoms with Crippen molar-refractivity contribution < 1.29 is 0 Å². The summed E-state index contributed by atoms with van der Waals surface area (Å²) in [5.41, 5.74) is 7.84. The summed E-state index contributed by atoms with van der Waals surface area (Å²) in [5.74, 6) is 1.67. The molecule has 0 atom stereocenters. The normalized spacial score (nSPS) is 20.9. The predicted octanol–water partition coefficient (Wildman–Crippen LogP) is 3.20. The third-order valence-corrected chi connectivity index (χ3v) is 5.57. The summed E-state index contributed by atoms with van der Waals surface area (Å²) >= 11 is 1.84. The fourth-order valence-electron chi connectivity index (χ4n) is 2.87. The first-order chi connectivity index (χ1) is 8.67. The van der Waals surface area contributed by atoms with Gasteiger partial charge in [0.1, 0.15) is 16.5 Å². The second kappa shape index (κ2) is 3.44. The molecule has 2 aliphatic carbocycles. The number of hydrogen-bond acceptors (Lipinski definition) is 4. The van der Waals surface area contributed by atoms with Gasteiger partial charge in [-0.25, -0.2) is 9.97 Å². The van der Waals surface area contributed by atoms with Gasteiger partial charge in [-0.05, 0) is 44.1 Å². The Labute approximate surface area is 110 Å². The van der Waals surface area contributed by atoms with Gasteiger partial charge in [-0.1, -0.05) is 6.92 Å². The molecule has 18 heavy (non-hydrogen) atoms. The van der Waals surface area contributed by atoms with Crippen molar-refractivity contribution >= 4 is 27.4 Å². The number of nitrogen functional groups attached to an aromatic ring is 1. The zero-order chi connectivity index (χ0) is 12.3. The lowest BCUT2D eigenvalue weighted by Gasteiger charge is -2.11. The maximum Gasteiger partial charge on any atom is 0.138 e. The average Bonchev–Trinajstić information content (AvgIpc) is 3.00. The minimum absolute atomic E-state index is 0.201. The molecule has 0 bridgehead atoms. The van der Waals surface area contributed by atoms with E-state index in [4.69, 9.17) is 10.7 Å². The van der Waals surface area contributed by atoms with Crippen LogP contribution in [-0.2, 0) is 18.3 Å². The Kier molecular flexibility index (Phi) is 2.05. The highest BCUT2D eigenvalue weighted by molar-refractivity contribution is 7.19. The van der Waals surface area contributed by atoms with Crippen molar-refractivity contribution in [1.29, 1.82) is 0 Å². The molecule has 2 aliphatic rings. The lowest BCUT2D eigenvalue weighted by Crippen LogP contribution is -2.09. The van der Waals surface area contributed by atoms with Crippen molar-refractivity contribution in [3.05, 3.63) is 16.3 Å². The Bertz CT molecular complexity index is 640. The van der Waals surface area contributed by atoms with Crippen molar-refractivity contribution in [3.63, 3.8) is 0 Å². The SMILES string of the molecule is CC1(c2nc(N)c3c4c(sc3n2)CCCC4)CC1. The van der Waals surface area contributed by atoms with E-state index in [0.29, 0.717) is 5.82 Å². The first-order valence-electron chi connectivity index (χ1n) is 6.76. The summed E-state index contributed by atoms with van der Waals surface area (Å²) in [6.45, 7) is 2.24. The van der Waals surface area contributed by atoms with Crippen molar-refractivity contribution in [2.45, 2.75) is 50.9 Å². The van der Waals surface area contributed by atoms with Crippen LogP contribution in [0.5, 0.6) is 0 Å². The van der Waals surface area contributed by atoms with Gasteiger partial charge in [-0.2, -0.15) is 0 Å². The summed E-state index contributed by atoms with van der Waals surface area (Å²) in [5, 5.41) is 1.16. The predicted molar refractivity (Wildman–Crippen MR) is 75.1 cm³/mol. The van der Waals surface area contributed by atoms with E-state index in [0.717, 1.165) is 22.5 Å². The minimum atomic E-state index is 0.201. The van der Waals surface area contributed by atoms with E-state index in [2.05, 4.69) is 11.9 Å². The van der Waals surface area contributed by atoms with Crippen LogP contribution in [-0.4, -0.2) is 9.97 Å². The van der Waals surface area contributed by atoms with Crippen LogP contribution >= 0.6 is 11.3 Å². The molecule has 2 aromatic rings. The van der Waals surface area contributed by atoms with Gasteiger partial charge in [-0.3, -0.25) is 0 Å². The van der Waals surface area contributed by atoms with E-state index < -0.39 is 0 Å². The lowest BCUT2D eigenvalue weighted by atomic mass is 9.97. The van der Waals surface area contributed by atoms with Gasteiger partial charge in [0.2, 0.25) is 0 Å². The molecule has 4 heteroatoms. The van der Waals surface area contributed by atoms with Gasteiger partial charge in [-0.15, -0.1) is 11.3 Å². The zero-order valence-electron chi connectivity index (χ0n) is 10.6. The molecule has 2 aromatic heterocycles. The number of nitrogens with zero attached hydrogens (tertiary/aromatic N) is 2. The van der Waals surface area contributed by atoms with Crippen LogP contribution in [0.25, 0.3) is 10.2 Å². The Morgan fingerprint density at radius 1 is 1.17 bits per heavy atom. The number of fused-ring (bicyclic) bond motifs is 3. The Morgan fingerprint density at radius 2 is 1.94 bits per heavy atom. The quantitative estimate of drug-likeness (QED) is 0.855. The van der Waals surface area contributed by atoms with Crippen molar-refractivity contribution in [2.24, 2.45) is 0 Å². The summed E-state index contributed by atoms with van der Waals surface area (Å²) in [6.07, 6.45) is 7.32. The molecule has 0 aromatic carbocycles. The Morgan fingerprint density at radius 3 is 2.72 bits per heavy atom. The smallest absolute Gasteiger partial charge is 0.138 e. The van der Waals surface area contributed by atoms with Crippen LogP contribution in [0.3, 0.4) is 0 Å². The van der Waals surface area contributed by atoms with E-state index in [1.54, 1.807) is 0 Å². The van der Waals surface area contributed by atoms with E-state index in [1.807, 2.05) is 11.3 Å². The number of anilines is 1. The number of thiophene rings is 1. The molecule has 2 N–H and O–H groups in total. The molecular weight excluding hydrogens is 242 g/mol. The maximum absolute atomic E-state index is 6.21. The number of rotatable bonds is 1. The summed E-state index contributed by atoms with van der Waals surface area (Å²) in [7, 11) is 0. The second-order valence-electron chi connectivity index (χ2n) is 5.88. The first kappa shape index (κ1) is 10.7. The van der Waals surface area contributed by atoms with Gasteiger partial charge >= 0.3 is 0 Å². The number of aryl methyl sites for hydroxylation is 2. The van der Waals surface area contributed by atoms with E-state index in [1.165, 1.54) is 42.5 Å². The highest BCUT2D eigenvalue weighted by atomic mass is 32.1. The molecule has 0 amide bonds. The molecule has 1 fully saturated rings. The average molecular weight is 259 g/mol. The van der Waals surface area contributed by atoms with E-state index in [-0.39, 0.29) is 5.41 Å². The standard InChI is InChI=1S/C14H17N3S/c1-14(6-7-14)13-16-11(15)10-8-4-2-3-5-9(8)18-12(10)17-13/h2-7H2,1H3,(H2,15,16,17). The third-order valence-electron chi connectivity index (χ3n) is 4.38. The lowest BCUT2D eigenvalue weighted by molar-refractivity contribution is 0.699. The first-order valence-corrected chi connectivity index (χ1v) is 7.57. The molecule has 0 saturated heterocycles. The van der Waals surface area contributed by atoms with Crippen molar-refractivity contribution in [2.75, 3.05) is 5.73 Å². The molecule has 0 aliphatic heterocycles. The van der Waals surface area contributed by atoms with Crippen LogP contribution in [0, 0.1) is 0 Å². The molecule has 0 radical (unpaired) electrons. The number of nitrogens with two attached hydrogens (primary N) is 1. The van der Waals surface area contributed by atoms with E-state index in [9.17, 15) is 0 Å². The fourth-order valence-corrected chi connectivity index (χ4v) is 4.14. The van der Waals surface area contributed by atoms with Crippen molar-refractivity contribution in [3.8, 4) is 0 Å². The van der Waals surface area contributed by atoms with Gasteiger partial charge < -0.3 is 5.73 Å². The molecule has 94 valence electrons. The van der Waals surface area contributed by atoms with Crippen LogP contribution in [0.2, 0.25) is 0 Å². The van der Waals surface area contributed by atoms with Crippen LogP contribution in [0.4, 0.5) is 5.82 Å². The van der Waals surface area contributed by atoms with Crippen LogP contribution in [0.15, 0.2) is 0 Å². The van der Waals surface area contributed by atoms with Crippen LogP contribution < -0.4 is 5.73 Å². The van der Waals surface area contributed by atoms with Gasteiger partial charge in [0.15, 0.2) is 0 Å². The minimum Gasteiger partial charge on any atom is -0.383 e. The second-order valence-corrected chi connectivity index (χ2v) is 6.97. The Hall–Kier alpha value is -1.16. The van der Waals surface area contributed by atoms with Gasteiger partial charge in [0.25, 0.3) is 0 Å². The molecular formula is C14H17N3S. The van der Waals surface area contributed by atoms with Crippen LogP contribution in [0.1, 0.15) is 48.9 Å². The number of hydrogen-bond donors (Lipinski definition) is 1. The molecule has 1 saturated carbocycles. The van der Waals surface area contributed by atoms with Crippen molar-refractivity contribution in [1.82, 2.24) is 9.97 Å². The highest BCUT2D eigenvalue weighted by Gasteiger charge is 2.42. The largest absolute Gasteiger partial charge is 0.383 e. The molecule has 4 rings (SSSR count). The molecule has 0 unspecified atom stereocenters. The summed E-state index contributed by atoms with van der Waals surface area (Å²) in [6, 6.07) is 0. The summed E-state index contributed by atoms with van der Waals surface area (Å²) in [4.78, 5) is 12.0. The maximum atomic E-state index is 6.21. The van der Waals surface area contributed by atoms with E-state index >= 15 is 0 Å².